The van der Waals surface area contributed by atoms with Gasteiger partial charge >= 0.3 is 0 Å². The molecule has 3 aromatic heterocycles. The van der Waals surface area contributed by atoms with Gasteiger partial charge < -0.3 is 8.98 Å². The average molecular weight is 716 g/mol. The van der Waals surface area contributed by atoms with Gasteiger partial charge in [-0.05, 0) is 59.2 Å². The SMILES string of the molecule is c1ccc(-c2cc(-c3ccccc3)nc(-c3cccc4c3oc3c(-c5ccc(-c6ccc7c(c6)c6ccccc6n7-c6ccccc6)cc5)cccc34)n2)cc1. The van der Waals surface area contributed by atoms with Crippen molar-refractivity contribution in [1.82, 2.24) is 14.5 Å². The Kier molecular flexibility index (Phi) is 7.46. The Morgan fingerprint density at radius 2 is 0.857 bits per heavy atom. The molecule has 0 aliphatic heterocycles. The molecule has 0 fully saturated rings. The summed E-state index contributed by atoms with van der Waals surface area (Å²) in [6, 6.07) is 70.2. The van der Waals surface area contributed by atoms with Crippen LogP contribution in [0.15, 0.2) is 205 Å². The molecule has 0 radical (unpaired) electrons. The highest BCUT2D eigenvalue weighted by Crippen LogP contribution is 2.41. The van der Waals surface area contributed by atoms with Gasteiger partial charge in [-0.2, -0.15) is 0 Å². The van der Waals surface area contributed by atoms with Crippen LogP contribution in [0.2, 0.25) is 0 Å². The first-order chi connectivity index (χ1) is 27.8. The molecule has 11 rings (SSSR count). The van der Waals surface area contributed by atoms with Gasteiger partial charge in [0.2, 0.25) is 0 Å². The number of hydrogen-bond donors (Lipinski definition) is 0. The lowest BCUT2D eigenvalue weighted by Crippen LogP contribution is -1.96. The Balaban J connectivity index is 1.00. The molecule has 0 N–H and O–H groups in total. The first-order valence-electron chi connectivity index (χ1n) is 18.9. The van der Waals surface area contributed by atoms with E-state index >= 15 is 0 Å². The predicted molar refractivity (Wildman–Crippen MR) is 231 cm³/mol. The van der Waals surface area contributed by atoms with Crippen LogP contribution in [0.5, 0.6) is 0 Å². The van der Waals surface area contributed by atoms with Crippen molar-refractivity contribution in [1.29, 1.82) is 0 Å². The van der Waals surface area contributed by atoms with Gasteiger partial charge in [-0.1, -0.05) is 158 Å². The number of para-hydroxylation sites is 4. The largest absolute Gasteiger partial charge is 0.455 e. The summed E-state index contributed by atoms with van der Waals surface area (Å²) in [5, 5.41) is 4.58. The first kappa shape index (κ1) is 31.9. The van der Waals surface area contributed by atoms with Crippen molar-refractivity contribution in [3.8, 4) is 61.8 Å². The molecule has 4 nitrogen and oxygen atoms in total. The van der Waals surface area contributed by atoms with E-state index in [4.69, 9.17) is 14.4 Å². The highest BCUT2D eigenvalue weighted by atomic mass is 16.3. The van der Waals surface area contributed by atoms with E-state index < -0.39 is 0 Å². The number of fused-ring (bicyclic) bond motifs is 6. The second-order valence-electron chi connectivity index (χ2n) is 14.2. The Hall–Kier alpha value is -7.56. The molecule has 0 spiro atoms. The Morgan fingerprint density at radius 3 is 1.54 bits per heavy atom. The standard InChI is InChI=1S/C52H33N3O/c1-4-14-36(15-5-1)46-33-47(37-16-6-2-7-17-37)54-52(53-46)44-24-13-23-43-42-22-12-21-40(50(42)56-51(43)44)35-28-26-34(27-29-35)38-30-31-49-45(32-38)41-20-10-11-25-48(41)55(49)39-18-8-3-9-19-39/h1-33H. The quantitative estimate of drug-likeness (QED) is 0.172. The normalized spacial score (nSPS) is 11.6. The summed E-state index contributed by atoms with van der Waals surface area (Å²) in [5.74, 6) is 0.629. The summed E-state index contributed by atoms with van der Waals surface area (Å²) in [7, 11) is 0. The smallest absolute Gasteiger partial charge is 0.164 e. The van der Waals surface area contributed by atoms with Crippen LogP contribution in [0, 0.1) is 0 Å². The maximum absolute atomic E-state index is 6.88. The number of rotatable bonds is 6. The van der Waals surface area contributed by atoms with Crippen LogP contribution in [-0.2, 0) is 0 Å². The van der Waals surface area contributed by atoms with Crippen molar-refractivity contribution in [2.45, 2.75) is 0 Å². The van der Waals surface area contributed by atoms with Gasteiger partial charge in [0.1, 0.15) is 11.2 Å². The summed E-state index contributed by atoms with van der Waals surface area (Å²) < 4.78 is 9.23. The highest BCUT2D eigenvalue weighted by molar-refractivity contribution is 6.13. The molecule has 262 valence electrons. The molecular formula is C52H33N3O. The highest BCUT2D eigenvalue weighted by Gasteiger charge is 2.19. The van der Waals surface area contributed by atoms with Crippen LogP contribution in [0.1, 0.15) is 0 Å². The molecule has 0 aliphatic carbocycles. The molecule has 3 heterocycles. The minimum atomic E-state index is 0.629. The summed E-state index contributed by atoms with van der Waals surface area (Å²) >= 11 is 0. The van der Waals surface area contributed by atoms with Gasteiger partial charge in [-0.25, -0.2) is 9.97 Å². The van der Waals surface area contributed by atoms with Crippen molar-refractivity contribution in [2.24, 2.45) is 0 Å². The second-order valence-corrected chi connectivity index (χ2v) is 14.2. The molecule has 0 atom stereocenters. The molecule has 8 aromatic carbocycles. The van der Waals surface area contributed by atoms with Crippen molar-refractivity contribution in [3.05, 3.63) is 200 Å². The van der Waals surface area contributed by atoms with Gasteiger partial charge in [-0.3, -0.25) is 0 Å². The summed E-state index contributed by atoms with van der Waals surface area (Å²) in [4.78, 5) is 10.2. The van der Waals surface area contributed by atoms with E-state index in [1.54, 1.807) is 0 Å². The van der Waals surface area contributed by atoms with Crippen LogP contribution in [0.25, 0.3) is 106 Å². The fraction of sp³-hybridized carbons (Fsp3) is 0. The minimum absolute atomic E-state index is 0.629. The first-order valence-corrected chi connectivity index (χ1v) is 18.9. The van der Waals surface area contributed by atoms with Crippen molar-refractivity contribution in [3.63, 3.8) is 0 Å². The molecule has 0 saturated carbocycles. The van der Waals surface area contributed by atoms with Crippen molar-refractivity contribution >= 4 is 43.7 Å². The molecule has 56 heavy (non-hydrogen) atoms. The maximum atomic E-state index is 6.88. The van der Waals surface area contributed by atoms with Crippen LogP contribution < -0.4 is 0 Å². The lowest BCUT2D eigenvalue weighted by molar-refractivity contribution is 0.670. The molecule has 11 aromatic rings. The van der Waals surface area contributed by atoms with E-state index in [1.807, 2.05) is 36.4 Å². The van der Waals surface area contributed by atoms with Crippen LogP contribution in [-0.4, -0.2) is 14.5 Å². The van der Waals surface area contributed by atoms with Crippen LogP contribution >= 0.6 is 0 Å². The monoisotopic (exact) mass is 715 g/mol. The van der Waals surface area contributed by atoms with E-state index in [-0.39, 0.29) is 0 Å². The van der Waals surface area contributed by atoms with Crippen molar-refractivity contribution < 1.29 is 4.42 Å². The fourth-order valence-corrected chi connectivity index (χ4v) is 8.15. The molecule has 0 saturated heterocycles. The lowest BCUT2D eigenvalue weighted by Gasteiger charge is -2.09. The van der Waals surface area contributed by atoms with Crippen LogP contribution in [0.4, 0.5) is 0 Å². The third-order valence-corrected chi connectivity index (χ3v) is 10.8. The van der Waals surface area contributed by atoms with E-state index in [0.717, 1.165) is 72.4 Å². The van der Waals surface area contributed by atoms with E-state index in [2.05, 4.69) is 168 Å². The zero-order chi connectivity index (χ0) is 37.0. The van der Waals surface area contributed by atoms with Gasteiger partial charge in [0, 0.05) is 43.9 Å². The molecule has 0 bridgehead atoms. The Bertz CT molecular complexity index is 3160. The zero-order valence-corrected chi connectivity index (χ0v) is 30.3. The van der Waals surface area contributed by atoms with Gasteiger partial charge in [0.25, 0.3) is 0 Å². The summed E-state index contributed by atoms with van der Waals surface area (Å²) in [6.07, 6.45) is 0. The molecular weight excluding hydrogens is 683 g/mol. The van der Waals surface area contributed by atoms with Gasteiger partial charge in [0.15, 0.2) is 5.82 Å². The lowest BCUT2D eigenvalue weighted by atomic mass is 9.98. The Morgan fingerprint density at radius 1 is 0.339 bits per heavy atom. The molecule has 0 aliphatic rings. The minimum Gasteiger partial charge on any atom is -0.455 e. The molecule has 0 unspecified atom stereocenters. The van der Waals surface area contributed by atoms with Gasteiger partial charge in [0.05, 0.1) is 28.0 Å². The average Bonchev–Trinajstić information content (AvgIpc) is 3.83. The number of hydrogen-bond acceptors (Lipinski definition) is 3. The predicted octanol–water partition coefficient (Wildman–Crippen LogP) is 13.8. The third-order valence-electron chi connectivity index (χ3n) is 10.8. The van der Waals surface area contributed by atoms with Crippen LogP contribution in [0.3, 0.4) is 0 Å². The fourth-order valence-electron chi connectivity index (χ4n) is 8.15. The number of furan rings is 1. The Labute approximate surface area is 323 Å². The number of benzene rings is 8. The van der Waals surface area contributed by atoms with E-state index in [9.17, 15) is 0 Å². The van der Waals surface area contributed by atoms with Gasteiger partial charge in [-0.15, -0.1) is 0 Å². The summed E-state index contributed by atoms with van der Waals surface area (Å²) in [6.45, 7) is 0. The number of nitrogens with zero attached hydrogens (tertiary/aromatic N) is 3. The maximum Gasteiger partial charge on any atom is 0.164 e. The zero-order valence-electron chi connectivity index (χ0n) is 30.3. The molecule has 0 amide bonds. The second kappa shape index (κ2) is 13.1. The molecule has 4 heteroatoms. The topological polar surface area (TPSA) is 43.9 Å². The van der Waals surface area contributed by atoms with Crippen molar-refractivity contribution in [2.75, 3.05) is 0 Å². The van der Waals surface area contributed by atoms with E-state index in [0.29, 0.717) is 5.82 Å². The summed E-state index contributed by atoms with van der Waals surface area (Å²) in [5.41, 5.74) is 14.3. The number of aromatic nitrogens is 3. The van der Waals surface area contributed by atoms with E-state index in [1.165, 1.54) is 27.4 Å². The third kappa shape index (κ3) is 5.31.